The first kappa shape index (κ1) is 43.9. The molecule has 5 aromatic carbocycles. The van der Waals surface area contributed by atoms with E-state index in [4.69, 9.17) is 13.9 Å². The van der Waals surface area contributed by atoms with Crippen LogP contribution in [0.2, 0.25) is 0 Å². The van der Waals surface area contributed by atoms with Crippen LogP contribution in [-0.4, -0.2) is 27.6 Å². The van der Waals surface area contributed by atoms with Gasteiger partial charge in [-0.25, -0.2) is 4.79 Å². The molecule has 265 valence electrons. The smallest absolute Gasteiger partial charge is 0.508 e. The maximum Gasteiger partial charge on any atom is 1.00 e. The number of carbonyl (C=O) groups is 2. The minimum atomic E-state index is -1.31. The molecule has 3 heterocycles. The van der Waals surface area contributed by atoms with Crippen LogP contribution in [0.25, 0.3) is 33.4 Å². The molecular weight excluding hydrogens is 1060 g/mol. The van der Waals surface area contributed by atoms with E-state index in [-0.39, 0.29) is 125 Å². The zero-order valence-electron chi connectivity index (χ0n) is 29.4. The summed E-state index contributed by atoms with van der Waals surface area (Å²) in [5, 5.41) is 44.4. The Morgan fingerprint density at radius 1 is 0.732 bits per heavy atom. The molecule has 0 bridgehead atoms. The van der Waals surface area contributed by atoms with E-state index >= 15 is 0 Å². The first-order chi connectivity index (χ1) is 25.4. The molecule has 0 unspecified atom stereocenters. The van der Waals surface area contributed by atoms with Crippen molar-refractivity contribution in [2.45, 2.75) is 5.60 Å². The summed E-state index contributed by atoms with van der Waals surface area (Å²) >= 11 is 6.47. The Balaban J connectivity index is 0.000000204. The Morgan fingerprint density at radius 3 is 1.95 bits per heavy atom. The summed E-state index contributed by atoms with van der Waals surface area (Å²) in [5.74, 6) is -0.771. The van der Waals surface area contributed by atoms with Crippen LogP contribution in [0.4, 0.5) is 0 Å². The van der Waals surface area contributed by atoms with E-state index < -0.39 is 17.5 Å². The topological polar surface area (TPSA) is 201 Å². The maximum absolute atomic E-state index is 12.5. The fourth-order valence-electron chi connectivity index (χ4n) is 6.86. The molecule has 0 saturated heterocycles. The largest absolute Gasteiger partial charge is 1.00 e. The van der Waals surface area contributed by atoms with Gasteiger partial charge < -0.3 is 25.2 Å². The molecule has 11 nitrogen and oxygen atoms in total. The van der Waals surface area contributed by atoms with E-state index in [0.717, 1.165) is 0 Å². The summed E-state index contributed by atoms with van der Waals surface area (Å²) in [7, 11) is 0. The fraction of sp³-hybridized carbons (Fsp3) is 0.0250. The molecule has 0 radical (unpaired) electrons. The van der Waals surface area contributed by atoms with Gasteiger partial charge in [-0.3, -0.25) is 0 Å². The van der Waals surface area contributed by atoms with Crippen molar-refractivity contribution in [2.75, 3.05) is 0 Å². The van der Waals surface area contributed by atoms with Crippen molar-refractivity contribution < 1.29 is 135 Å². The molecule has 0 amide bonds. The van der Waals surface area contributed by atoms with Crippen molar-refractivity contribution in [3.8, 4) is 51.2 Å². The Morgan fingerprint density at radius 2 is 1.32 bits per heavy atom. The summed E-state index contributed by atoms with van der Waals surface area (Å²) in [6.45, 7) is 0. The first-order valence-electron chi connectivity index (χ1n) is 15.8. The van der Waals surface area contributed by atoms with Crippen LogP contribution in [0.5, 0.6) is 28.7 Å². The van der Waals surface area contributed by atoms with Crippen LogP contribution in [0.3, 0.4) is 0 Å². The molecule has 3 aliphatic heterocycles. The molecule has 1 aliphatic carbocycles. The van der Waals surface area contributed by atoms with E-state index in [2.05, 4.69) is 31.9 Å². The number of rotatable bonds is 2. The molecule has 5 aromatic rings. The minimum absolute atomic E-state index is 0. The second kappa shape index (κ2) is 16.9. The van der Waals surface area contributed by atoms with Gasteiger partial charge in [-0.2, -0.15) is 0 Å². The third kappa shape index (κ3) is 7.25. The van der Waals surface area contributed by atoms with Crippen molar-refractivity contribution in [3.63, 3.8) is 0 Å². The number of halogens is 2. The van der Waals surface area contributed by atoms with Crippen LogP contribution < -0.4 is 82.6 Å². The van der Waals surface area contributed by atoms with Crippen LogP contribution in [0.15, 0.2) is 121 Å². The number of esters is 1. The monoisotopic (exact) mass is 1080 g/mol. The number of hydrogen-bond acceptors (Lipinski definition) is 10. The summed E-state index contributed by atoms with van der Waals surface area (Å²) in [6.07, 6.45) is 0. The molecule has 0 aromatic heterocycles. The predicted molar refractivity (Wildman–Crippen MR) is 195 cm³/mol. The number of phenols is 2. The molecule has 56 heavy (non-hydrogen) atoms. The quantitative estimate of drug-likeness (QED) is 0.130. The van der Waals surface area contributed by atoms with Crippen molar-refractivity contribution >= 4 is 57.8 Å². The number of phenolic OH excluding ortho intramolecular Hbond substituents is 2. The molecule has 4 N–H and O–H groups in total. The summed E-state index contributed by atoms with van der Waals surface area (Å²) < 4.78 is 19.0. The van der Waals surface area contributed by atoms with Gasteiger partial charge in [0.25, 0.3) is 0 Å². The Bertz CT molecular complexity index is 2700. The molecule has 1 spiro atoms. The second-order valence-corrected chi connectivity index (χ2v) is 16.7. The predicted octanol–water partition coefficient (Wildman–Crippen LogP) is -0.452. The number of ether oxygens (including phenoxy) is 2. The average molecular weight is 1080 g/mol. The molecule has 9 rings (SSSR count). The van der Waals surface area contributed by atoms with Crippen molar-refractivity contribution in [2.24, 2.45) is 0 Å². The number of aromatic hydroxyl groups is 2. The van der Waals surface area contributed by atoms with E-state index in [1.54, 1.807) is 54.6 Å². The number of fused-ring (bicyclic) bond motifs is 8. The number of aromatic carboxylic acids is 1. The number of benzene rings is 6. The molecule has 4 aliphatic rings. The minimum Gasteiger partial charge on any atom is -0.508 e. The van der Waals surface area contributed by atoms with Crippen LogP contribution in [-0.2, 0) is 36.5 Å². The van der Waals surface area contributed by atoms with Crippen molar-refractivity contribution in [1.29, 1.82) is 0 Å². The third-order valence-corrected chi connectivity index (χ3v) is 12.9. The standard InChI is InChI=1S/C20H9Br2O5.C20H12O5.Hg.2Na.H2O/c21-13-5-11-17(7-15(13)23)27-18-8-16(24)14(22)6-12(18)19(11)9-3-1-2-4-10(9)20(25)26;21-11-5-7-15-17(9-11)24-18-10-12(22)6-8-16(18)20(15)14-4-2-1-3-13(14)19(23)25-20;;;;/h1-7,24H,(H,25,26);1-10,21-22H;;;;1H2/q;;;2*+1;/p-2. The normalized spacial score (nSPS) is 12.7. The first-order valence-corrected chi connectivity index (χ1v) is 20.1. The maximum atomic E-state index is 12.5. The Labute approximate surface area is 394 Å². The Kier molecular flexibility index (Phi) is 13.3. The zero-order chi connectivity index (χ0) is 37.3. The third-order valence-electron chi connectivity index (χ3n) is 9.16. The molecule has 16 heteroatoms. The van der Waals surface area contributed by atoms with Crippen molar-refractivity contribution in [1.82, 2.24) is 0 Å². The SMILES string of the molecule is O.O=C([O-])c1ccccc1-c1c2cc(Br)c(=O)cc-2oc2[c]([Hg])c([O-])c(Br)cc12.O=C1OC2(c3ccc(O)cc3Oc3cc(O)ccc32)c2ccccc21.[Na+].[Na+]. The number of carbonyl (C=O) groups excluding carboxylic acids is 2. The van der Waals surface area contributed by atoms with Gasteiger partial charge in [-0.05, 0) is 30.3 Å². The number of hydrogen-bond donors (Lipinski definition) is 2. The van der Waals surface area contributed by atoms with Gasteiger partial charge in [-0.15, -0.1) is 0 Å². The number of carboxylic acid groups (broad SMARTS) is 1. The van der Waals surface area contributed by atoms with Crippen LogP contribution >= 0.6 is 31.9 Å². The van der Waals surface area contributed by atoms with E-state index in [0.29, 0.717) is 73.4 Å². The van der Waals surface area contributed by atoms with Gasteiger partial charge in [0.05, 0.1) is 5.56 Å². The summed E-state index contributed by atoms with van der Waals surface area (Å²) in [4.78, 5) is 36.4. The van der Waals surface area contributed by atoms with E-state index in [1.165, 1.54) is 36.4 Å². The molecule has 0 fully saturated rings. The second-order valence-electron chi connectivity index (χ2n) is 12.2. The van der Waals surface area contributed by atoms with Crippen molar-refractivity contribution in [3.05, 3.63) is 150 Å². The Hall–Kier alpha value is -3.21. The zero-order valence-corrected chi connectivity index (χ0v) is 42.1. The molecule has 0 atom stereocenters. The molecular formula is C40H21Br2HgNa2O11. The van der Waals surface area contributed by atoms with E-state index in [9.17, 15) is 34.8 Å². The summed E-state index contributed by atoms with van der Waals surface area (Å²) in [6, 6.07) is 27.7. The van der Waals surface area contributed by atoms with Gasteiger partial charge in [0, 0.05) is 28.8 Å². The fourth-order valence-corrected chi connectivity index (χ4v) is 10.4. The summed E-state index contributed by atoms with van der Waals surface area (Å²) in [5.41, 5.74) is 2.97. The van der Waals surface area contributed by atoms with Gasteiger partial charge >= 0.3 is 258 Å². The van der Waals surface area contributed by atoms with Gasteiger partial charge in [-0.1, -0.05) is 18.2 Å². The van der Waals surface area contributed by atoms with Gasteiger partial charge in [0.1, 0.15) is 23.0 Å². The number of carboxylic acids is 1. The van der Waals surface area contributed by atoms with Gasteiger partial charge in [0.2, 0.25) is 0 Å². The van der Waals surface area contributed by atoms with Crippen LogP contribution in [0.1, 0.15) is 37.4 Å². The van der Waals surface area contributed by atoms with Gasteiger partial charge in [0.15, 0.2) is 5.60 Å². The van der Waals surface area contributed by atoms with Crippen LogP contribution in [0, 0.1) is 0 Å². The average Bonchev–Trinajstić information content (AvgIpc) is 3.43. The van der Waals surface area contributed by atoms with E-state index in [1.807, 2.05) is 12.1 Å². The molecule has 0 saturated carbocycles.